The van der Waals surface area contributed by atoms with Crippen molar-refractivity contribution in [3.05, 3.63) is 28.7 Å². The second-order valence-corrected chi connectivity index (χ2v) is 6.27. The lowest BCUT2D eigenvalue weighted by Gasteiger charge is -2.15. The number of aromatic nitrogens is 1. The van der Waals surface area contributed by atoms with Gasteiger partial charge in [0, 0.05) is 18.5 Å². The molecule has 7 heteroatoms. The lowest BCUT2D eigenvalue weighted by molar-refractivity contribution is 0.200. The van der Waals surface area contributed by atoms with Gasteiger partial charge in [0.1, 0.15) is 0 Å². The van der Waals surface area contributed by atoms with Crippen molar-refractivity contribution in [2.24, 2.45) is 0 Å². The molecule has 0 aliphatic carbocycles. The average Bonchev–Trinajstić information content (AvgIpc) is 2.68. The van der Waals surface area contributed by atoms with Crippen molar-refractivity contribution in [2.45, 2.75) is 46.1 Å². The van der Waals surface area contributed by atoms with Crippen LogP contribution in [0.4, 0.5) is 4.79 Å². The van der Waals surface area contributed by atoms with Gasteiger partial charge in [0.05, 0.1) is 25.8 Å². The Kier molecular flexibility index (Phi) is 7.52. The molecule has 0 saturated heterocycles. The standard InChI is InChI=1S/C20H28N2O5/c1-5-7-9-21-20(24)27-18-13-22(10-8-6-2)19(23)15-12-17(26-4)16(25-3)11-14(15)18/h11-13H,5-10H2,1-4H3,(H,21,24). The summed E-state index contributed by atoms with van der Waals surface area (Å²) >= 11 is 0. The number of unbranched alkanes of at least 4 members (excludes halogenated alkanes) is 2. The molecule has 1 N–H and O–H groups in total. The first-order valence-corrected chi connectivity index (χ1v) is 9.30. The molecule has 0 saturated carbocycles. The molecule has 2 aromatic rings. The zero-order valence-electron chi connectivity index (χ0n) is 16.5. The van der Waals surface area contributed by atoms with Gasteiger partial charge in [-0.3, -0.25) is 4.79 Å². The number of aryl methyl sites for hydroxylation is 1. The van der Waals surface area contributed by atoms with E-state index < -0.39 is 6.09 Å². The number of nitrogens with zero attached hydrogens (tertiary/aromatic N) is 1. The van der Waals surface area contributed by atoms with Gasteiger partial charge in [-0.1, -0.05) is 26.7 Å². The Morgan fingerprint density at radius 1 is 1.00 bits per heavy atom. The first-order valence-electron chi connectivity index (χ1n) is 9.30. The van der Waals surface area contributed by atoms with Gasteiger partial charge in [-0.2, -0.15) is 0 Å². The smallest absolute Gasteiger partial charge is 0.412 e. The minimum atomic E-state index is -0.541. The zero-order valence-corrected chi connectivity index (χ0v) is 16.5. The molecule has 7 nitrogen and oxygen atoms in total. The summed E-state index contributed by atoms with van der Waals surface area (Å²) in [6.45, 7) is 5.19. The van der Waals surface area contributed by atoms with Crippen molar-refractivity contribution in [1.29, 1.82) is 0 Å². The Bertz CT molecular complexity index is 844. The topological polar surface area (TPSA) is 78.8 Å². The summed E-state index contributed by atoms with van der Waals surface area (Å²) in [5.41, 5.74) is -0.154. The molecule has 1 aromatic heterocycles. The number of carbonyl (C=O) groups excluding carboxylic acids is 1. The summed E-state index contributed by atoms with van der Waals surface area (Å²) in [5.74, 6) is 1.23. The normalized spacial score (nSPS) is 10.7. The van der Waals surface area contributed by atoms with E-state index in [1.807, 2.05) is 6.92 Å². The molecule has 0 aliphatic rings. The molecule has 0 aliphatic heterocycles. The van der Waals surface area contributed by atoms with Crippen LogP contribution >= 0.6 is 0 Å². The summed E-state index contributed by atoms with van der Waals surface area (Å²) in [6.07, 6.45) is 4.69. The molecule has 0 radical (unpaired) electrons. The van der Waals surface area contributed by atoms with Crippen molar-refractivity contribution < 1.29 is 19.0 Å². The number of hydrogen-bond acceptors (Lipinski definition) is 5. The molecule has 2 rings (SSSR count). The van der Waals surface area contributed by atoms with Crippen LogP contribution in [0.3, 0.4) is 0 Å². The van der Waals surface area contributed by atoms with Crippen LogP contribution in [-0.2, 0) is 6.54 Å². The predicted octanol–water partition coefficient (Wildman–Crippen LogP) is 3.71. The summed E-state index contributed by atoms with van der Waals surface area (Å²) in [4.78, 5) is 25.0. The number of hydrogen-bond donors (Lipinski definition) is 1. The Balaban J connectivity index is 2.52. The van der Waals surface area contributed by atoms with Gasteiger partial charge in [0.2, 0.25) is 0 Å². The van der Waals surface area contributed by atoms with E-state index in [0.29, 0.717) is 41.1 Å². The number of methoxy groups -OCH3 is 2. The fourth-order valence-corrected chi connectivity index (χ4v) is 2.76. The Hall–Kier alpha value is -2.70. The lowest BCUT2D eigenvalue weighted by atomic mass is 10.1. The monoisotopic (exact) mass is 376 g/mol. The number of nitrogens with one attached hydrogen (secondary N) is 1. The highest BCUT2D eigenvalue weighted by Gasteiger charge is 2.17. The van der Waals surface area contributed by atoms with Gasteiger partial charge >= 0.3 is 6.09 Å². The van der Waals surface area contributed by atoms with Gasteiger partial charge in [-0.25, -0.2) is 4.79 Å². The average molecular weight is 376 g/mol. The quantitative estimate of drug-likeness (QED) is 0.675. The molecule has 1 aromatic carbocycles. The van der Waals surface area contributed by atoms with Gasteiger partial charge < -0.3 is 24.1 Å². The van der Waals surface area contributed by atoms with Crippen molar-refractivity contribution in [1.82, 2.24) is 9.88 Å². The molecule has 1 heterocycles. The van der Waals surface area contributed by atoms with E-state index in [9.17, 15) is 9.59 Å². The number of ether oxygens (including phenoxy) is 3. The van der Waals surface area contributed by atoms with Crippen molar-refractivity contribution in [2.75, 3.05) is 20.8 Å². The van der Waals surface area contributed by atoms with Crippen LogP contribution in [0.2, 0.25) is 0 Å². The first kappa shape index (κ1) is 20.6. The molecular weight excluding hydrogens is 348 g/mol. The number of rotatable bonds is 9. The van der Waals surface area contributed by atoms with Crippen LogP contribution in [0, 0.1) is 0 Å². The first-order chi connectivity index (χ1) is 13.0. The van der Waals surface area contributed by atoms with E-state index in [1.165, 1.54) is 14.2 Å². The Labute approximate surface area is 159 Å². The molecular formula is C20H28N2O5. The summed E-state index contributed by atoms with van der Waals surface area (Å²) in [6, 6.07) is 3.29. The number of pyridine rings is 1. The third-order valence-electron chi connectivity index (χ3n) is 4.31. The Morgan fingerprint density at radius 2 is 1.63 bits per heavy atom. The van der Waals surface area contributed by atoms with Gasteiger partial charge in [0.25, 0.3) is 5.56 Å². The van der Waals surface area contributed by atoms with Crippen LogP contribution < -0.4 is 25.1 Å². The highest BCUT2D eigenvalue weighted by molar-refractivity contribution is 5.92. The Morgan fingerprint density at radius 3 is 2.22 bits per heavy atom. The zero-order chi connectivity index (χ0) is 19.8. The number of fused-ring (bicyclic) bond motifs is 1. The van der Waals surface area contributed by atoms with Gasteiger partial charge in [-0.05, 0) is 25.0 Å². The minimum absolute atomic E-state index is 0.154. The summed E-state index contributed by atoms with van der Waals surface area (Å²) in [7, 11) is 3.03. The molecule has 148 valence electrons. The third-order valence-corrected chi connectivity index (χ3v) is 4.31. The van der Waals surface area contributed by atoms with E-state index in [4.69, 9.17) is 14.2 Å². The second-order valence-electron chi connectivity index (χ2n) is 6.27. The van der Waals surface area contributed by atoms with Gasteiger partial charge in [0.15, 0.2) is 17.2 Å². The molecule has 0 unspecified atom stereocenters. The van der Waals surface area contributed by atoms with E-state index >= 15 is 0 Å². The molecule has 0 spiro atoms. The summed E-state index contributed by atoms with van der Waals surface area (Å²) < 4.78 is 17.7. The summed E-state index contributed by atoms with van der Waals surface area (Å²) in [5, 5.41) is 3.65. The van der Waals surface area contributed by atoms with E-state index in [1.54, 1.807) is 22.9 Å². The second kappa shape index (κ2) is 9.85. The molecule has 0 fully saturated rings. The minimum Gasteiger partial charge on any atom is -0.493 e. The maximum atomic E-state index is 12.9. The fourth-order valence-electron chi connectivity index (χ4n) is 2.76. The van der Waals surface area contributed by atoms with E-state index in [-0.39, 0.29) is 5.56 Å². The van der Waals surface area contributed by atoms with Gasteiger partial charge in [-0.15, -0.1) is 0 Å². The van der Waals surface area contributed by atoms with Crippen LogP contribution in [0.25, 0.3) is 10.8 Å². The third kappa shape index (κ3) is 4.93. The van der Waals surface area contributed by atoms with E-state index in [0.717, 1.165) is 25.7 Å². The number of carbonyl (C=O) groups is 1. The highest BCUT2D eigenvalue weighted by atomic mass is 16.6. The predicted molar refractivity (Wildman–Crippen MR) is 105 cm³/mol. The lowest BCUT2D eigenvalue weighted by Crippen LogP contribution is -2.28. The maximum Gasteiger partial charge on any atom is 0.412 e. The molecule has 27 heavy (non-hydrogen) atoms. The van der Waals surface area contributed by atoms with Crippen LogP contribution in [0.15, 0.2) is 23.1 Å². The van der Waals surface area contributed by atoms with Crippen LogP contribution in [0.5, 0.6) is 17.2 Å². The van der Waals surface area contributed by atoms with E-state index in [2.05, 4.69) is 12.2 Å². The molecule has 0 bridgehead atoms. The largest absolute Gasteiger partial charge is 0.493 e. The van der Waals surface area contributed by atoms with Crippen LogP contribution in [-0.4, -0.2) is 31.4 Å². The molecule has 1 amide bonds. The number of benzene rings is 1. The fraction of sp³-hybridized carbons (Fsp3) is 0.500. The SMILES string of the molecule is CCCCNC(=O)Oc1cn(CCCC)c(=O)c2cc(OC)c(OC)cc12. The maximum absolute atomic E-state index is 12.9. The number of amides is 1. The van der Waals surface area contributed by atoms with Crippen molar-refractivity contribution >= 4 is 16.9 Å². The van der Waals surface area contributed by atoms with Crippen molar-refractivity contribution in [3.63, 3.8) is 0 Å². The van der Waals surface area contributed by atoms with Crippen molar-refractivity contribution in [3.8, 4) is 17.2 Å². The molecule has 0 atom stereocenters. The highest BCUT2D eigenvalue weighted by Crippen LogP contribution is 2.35. The van der Waals surface area contributed by atoms with Crippen LogP contribution in [0.1, 0.15) is 39.5 Å².